The number of rotatable bonds is 5. The topological polar surface area (TPSA) is 105 Å². The van der Waals surface area contributed by atoms with Gasteiger partial charge in [-0.15, -0.1) is 0 Å². The molecule has 0 saturated carbocycles. The summed E-state index contributed by atoms with van der Waals surface area (Å²) in [6.45, 7) is 1.73. The lowest BCUT2D eigenvalue weighted by Crippen LogP contribution is -2.46. The van der Waals surface area contributed by atoms with Crippen molar-refractivity contribution in [2.75, 3.05) is 19.8 Å². The summed E-state index contributed by atoms with van der Waals surface area (Å²) in [6, 6.07) is 5.18. The van der Waals surface area contributed by atoms with E-state index in [0.29, 0.717) is 30.3 Å². The van der Waals surface area contributed by atoms with Gasteiger partial charge < -0.3 is 25.0 Å². The van der Waals surface area contributed by atoms with Crippen LogP contribution in [0.25, 0.3) is 0 Å². The number of hydrogen-bond acceptors (Lipinski definition) is 5. The van der Waals surface area contributed by atoms with E-state index in [0.717, 1.165) is 6.92 Å². The standard InChI is InChI=1S/C14H17NO6/c1-14(19,13(17)18)8-15-12(16)7-9-2-3-10-11(6-9)21-5-4-20-10/h2-3,6,19H,4-5,7-8H2,1H3,(H,15,16)(H,17,18). The van der Waals surface area contributed by atoms with Gasteiger partial charge in [-0.3, -0.25) is 4.79 Å². The van der Waals surface area contributed by atoms with Gasteiger partial charge in [0.2, 0.25) is 5.91 Å². The molecule has 0 aliphatic carbocycles. The minimum atomic E-state index is -1.98. The number of aliphatic hydroxyl groups is 1. The van der Waals surface area contributed by atoms with Crippen LogP contribution >= 0.6 is 0 Å². The number of carboxylic acids is 1. The second-order valence-electron chi connectivity index (χ2n) is 5.01. The fourth-order valence-electron chi connectivity index (χ4n) is 1.79. The van der Waals surface area contributed by atoms with Gasteiger partial charge in [0.15, 0.2) is 17.1 Å². The normalized spacial score (nSPS) is 15.9. The molecule has 1 atom stereocenters. The average molecular weight is 295 g/mol. The van der Waals surface area contributed by atoms with Crippen LogP contribution in [0.5, 0.6) is 11.5 Å². The molecule has 7 nitrogen and oxygen atoms in total. The Labute approximate surface area is 121 Å². The predicted octanol–water partition coefficient (Wildman–Crippen LogP) is -0.0479. The summed E-state index contributed by atoms with van der Waals surface area (Å²) in [5.74, 6) is -0.543. The summed E-state index contributed by atoms with van der Waals surface area (Å²) in [6.07, 6.45) is 0.0618. The molecule has 0 bridgehead atoms. The Bertz CT molecular complexity index is 554. The van der Waals surface area contributed by atoms with Gasteiger partial charge in [-0.25, -0.2) is 4.79 Å². The summed E-state index contributed by atoms with van der Waals surface area (Å²) in [5, 5.41) is 20.6. The van der Waals surface area contributed by atoms with Crippen molar-refractivity contribution in [2.45, 2.75) is 18.9 Å². The molecule has 1 aliphatic rings. The molecular weight excluding hydrogens is 278 g/mol. The molecule has 1 heterocycles. The molecule has 1 aromatic carbocycles. The number of benzene rings is 1. The Hall–Kier alpha value is -2.28. The highest BCUT2D eigenvalue weighted by atomic mass is 16.6. The molecule has 1 amide bonds. The number of ether oxygens (including phenoxy) is 2. The zero-order valence-corrected chi connectivity index (χ0v) is 11.6. The van der Waals surface area contributed by atoms with E-state index in [1.54, 1.807) is 18.2 Å². The van der Waals surface area contributed by atoms with Crippen molar-refractivity contribution in [3.8, 4) is 11.5 Å². The third-order valence-corrected chi connectivity index (χ3v) is 3.06. The van der Waals surface area contributed by atoms with Gasteiger partial charge in [0.1, 0.15) is 13.2 Å². The SMILES string of the molecule is CC(O)(CNC(=O)Cc1ccc2c(c1)OCCO2)C(=O)O. The summed E-state index contributed by atoms with van der Waals surface area (Å²) < 4.78 is 10.8. The Morgan fingerprint density at radius 2 is 1.95 bits per heavy atom. The molecule has 0 fully saturated rings. The molecule has 0 spiro atoms. The molecule has 3 N–H and O–H groups in total. The number of hydrogen-bond donors (Lipinski definition) is 3. The predicted molar refractivity (Wildman–Crippen MR) is 72.4 cm³/mol. The lowest BCUT2D eigenvalue weighted by atomic mass is 10.1. The molecule has 1 aromatic rings. The van der Waals surface area contributed by atoms with Crippen LogP contribution in [-0.2, 0) is 16.0 Å². The average Bonchev–Trinajstić information content (AvgIpc) is 2.45. The fraction of sp³-hybridized carbons (Fsp3) is 0.429. The van der Waals surface area contributed by atoms with Crippen molar-refractivity contribution in [2.24, 2.45) is 0 Å². The molecular formula is C14H17NO6. The van der Waals surface area contributed by atoms with Gasteiger partial charge in [0.25, 0.3) is 0 Å². The van der Waals surface area contributed by atoms with Crippen LogP contribution in [-0.4, -0.2) is 47.4 Å². The lowest BCUT2D eigenvalue weighted by Gasteiger charge is -2.19. The Morgan fingerprint density at radius 3 is 2.62 bits per heavy atom. The van der Waals surface area contributed by atoms with E-state index in [1.807, 2.05) is 0 Å². The van der Waals surface area contributed by atoms with Gasteiger partial charge in [-0.05, 0) is 24.6 Å². The second-order valence-corrected chi connectivity index (χ2v) is 5.01. The first-order chi connectivity index (χ1) is 9.88. The highest BCUT2D eigenvalue weighted by Gasteiger charge is 2.30. The minimum Gasteiger partial charge on any atom is -0.486 e. The van der Waals surface area contributed by atoms with Crippen molar-refractivity contribution in [1.29, 1.82) is 0 Å². The zero-order chi connectivity index (χ0) is 15.5. The van der Waals surface area contributed by atoms with Crippen LogP contribution in [0, 0.1) is 0 Å². The van der Waals surface area contributed by atoms with Gasteiger partial charge in [0, 0.05) is 0 Å². The monoisotopic (exact) mass is 295 g/mol. The maximum atomic E-state index is 11.8. The van der Waals surface area contributed by atoms with E-state index < -0.39 is 11.6 Å². The third-order valence-electron chi connectivity index (χ3n) is 3.06. The molecule has 1 aliphatic heterocycles. The molecule has 0 radical (unpaired) electrons. The number of carboxylic acid groups (broad SMARTS) is 1. The molecule has 7 heteroatoms. The van der Waals surface area contributed by atoms with Gasteiger partial charge in [-0.1, -0.05) is 6.07 Å². The second kappa shape index (κ2) is 6.01. The summed E-state index contributed by atoms with van der Waals surface area (Å²) >= 11 is 0. The lowest BCUT2D eigenvalue weighted by molar-refractivity contribution is -0.156. The van der Waals surface area contributed by atoms with Crippen LogP contribution in [0.3, 0.4) is 0 Å². The van der Waals surface area contributed by atoms with E-state index in [1.165, 1.54) is 0 Å². The minimum absolute atomic E-state index is 0.0618. The number of amides is 1. The van der Waals surface area contributed by atoms with Crippen molar-refractivity contribution in [3.05, 3.63) is 23.8 Å². The number of nitrogens with one attached hydrogen (secondary N) is 1. The molecule has 21 heavy (non-hydrogen) atoms. The van der Waals surface area contributed by atoms with Crippen LogP contribution < -0.4 is 14.8 Å². The summed E-state index contributed by atoms with van der Waals surface area (Å²) in [5.41, 5.74) is -1.27. The number of carbonyl (C=O) groups excluding carboxylic acids is 1. The number of carbonyl (C=O) groups is 2. The van der Waals surface area contributed by atoms with Crippen molar-refractivity contribution in [3.63, 3.8) is 0 Å². The molecule has 2 rings (SSSR count). The van der Waals surface area contributed by atoms with E-state index in [-0.39, 0.29) is 18.9 Å². The Balaban J connectivity index is 1.92. The third kappa shape index (κ3) is 3.85. The van der Waals surface area contributed by atoms with Crippen LogP contribution in [0.1, 0.15) is 12.5 Å². The van der Waals surface area contributed by atoms with Crippen LogP contribution in [0.2, 0.25) is 0 Å². The van der Waals surface area contributed by atoms with Crippen LogP contribution in [0.15, 0.2) is 18.2 Å². The first-order valence-corrected chi connectivity index (χ1v) is 6.49. The number of fused-ring (bicyclic) bond motifs is 1. The molecule has 0 aromatic heterocycles. The van der Waals surface area contributed by atoms with E-state index >= 15 is 0 Å². The van der Waals surface area contributed by atoms with Crippen molar-refractivity contribution >= 4 is 11.9 Å². The Kier molecular flexibility index (Phi) is 4.32. The van der Waals surface area contributed by atoms with Gasteiger partial charge in [0.05, 0.1) is 13.0 Å². The first kappa shape index (κ1) is 15.1. The first-order valence-electron chi connectivity index (χ1n) is 6.49. The fourth-order valence-corrected chi connectivity index (χ4v) is 1.79. The van der Waals surface area contributed by atoms with Gasteiger partial charge >= 0.3 is 5.97 Å². The molecule has 0 saturated heterocycles. The highest BCUT2D eigenvalue weighted by molar-refractivity contribution is 5.81. The summed E-state index contributed by atoms with van der Waals surface area (Å²) in [7, 11) is 0. The quantitative estimate of drug-likeness (QED) is 0.703. The largest absolute Gasteiger partial charge is 0.486 e. The maximum absolute atomic E-state index is 11.8. The van der Waals surface area contributed by atoms with Crippen molar-refractivity contribution in [1.82, 2.24) is 5.32 Å². The Morgan fingerprint density at radius 1 is 1.29 bits per heavy atom. The highest BCUT2D eigenvalue weighted by Crippen LogP contribution is 2.30. The van der Waals surface area contributed by atoms with Crippen LogP contribution in [0.4, 0.5) is 0 Å². The van der Waals surface area contributed by atoms with E-state index in [9.17, 15) is 14.7 Å². The smallest absolute Gasteiger partial charge is 0.337 e. The van der Waals surface area contributed by atoms with Gasteiger partial charge in [-0.2, -0.15) is 0 Å². The zero-order valence-electron chi connectivity index (χ0n) is 11.6. The van der Waals surface area contributed by atoms with E-state index in [2.05, 4.69) is 5.32 Å². The summed E-state index contributed by atoms with van der Waals surface area (Å²) in [4.78, 5) is 22.5. The number of aliphatic carboxylic acids is 1. The maximum Gasteiger partial charge on any atom is 0.337 e. The molecule has 114 valence electrons. The van der Waals surface area contributed by atoms with E-state index in [4.69, 9.17) is 14.6 Å². The van der Waals surface area contributed by atoms with Crippen molar-refractivity contribution < 1.29 is 29.3 Å². The molecule has 1 unspecified atom stereocenters.